The predicted octanol–water partition coefficient (Wildman–Crippen LogP) is 2.25. The van der Waals surface area contributed by atoms with Crippen LogP contribution in [0, 0.1) is 11.6 Å². The van der Waals surface area contributed by atoms with Gasteiger partial charge in [0.2, 0.25) is 0 Å². The van der Waals surface area contributed by atoms with Gasteiger partial charge in [-0.05, 0) is 24.3 Å². The molecule has 0 aliphatic carbocycles. The molecule has 3 heterocycles. The van der Waals surface area contributed by atoms with E-state index in [2.05, 4.69) is 4.98 Å². The molecule has 4 rings (SSSR count). The molecule has 1 aliphatic rings. The van der Waals surface area contributed by atoms with Crippen LogP contribution in [-0.2, 0) is 0 Å². The smallest absolute Gasteiger partial charge is 0.257 e. The summed E-state index contributed by atoms with van der Waals surface area (Å²) in [4.78, 5) is 33.0. The van der Waals surface area contributed by atoms with Gasteiger partial charge in [0.05, 0.1) is 17.7 Å². The lowest BCUT2D eigenvalue weighted by Gasteiger charge is -2.34. The number of piperazine rings is 1. The minimum atomic E-state index is -0.855. The average molecular weight is 384 g/mol. The second-order valence-corrected chi connectivity index (χ2v) is 6.70. The molecule has 1 fully saturated rings. The fourth-order valence-corrected chi connectivity index (χ4v) is 3.40. The number of hydrogen-bond donors (Lipinski definition) is 0. The molecule has 8 heteroatoms. The number of nitrogens with zero attached hydrogens (tertiary/aromatic N) is 4. The van der Waals surface area contributed by atoms with Crippen molar-refractivity contribution in [1.82, 2.24) is 19.2 Å². The number of halogens is 2. The Morgan fingerprint density at radius 1 is 1.00 bits per heavy atom. The highest BCUT2D eigenvalue weighted by Crippen LogP contribution is 2.15. The maximum Gasteiger partial charge on any atom is 0.257 e. The van der Waals surface area contributed by atoms with Crippen LogP contribution in [0.5, 0.6) is 0 Å². The fraction of sp³-hybridized carbons (Fsp3) is 0.250. The van der Waals surface area contributed by atoms with Crippen molar-refractivity contribution in [2.75, 3.05) is 32.7 Å². The number of hydrogen-bond acceptors (Lipinski definition) is 4. The van der Waals surface area contributed by atoms with Gasteiger partial charge in [-0.15, -0.1) is 0 Å². The van der Waals surface area contributed by atoms with E-state index in [-0.39, 0.29) is 18.0 Å². The molecule has 0 spiro atoms. The summed E-state index contributed by atoms with van der Waals surface area (Å²) in [6.45, 7) is 1.94. The third-order valence-corrected chi connectivity index (χ3v) is 4.91. The molecule has 1 amide bonds. The predicted molar refractivity (Wildman–Crippen MR) is 98.2 cm³/mol. The van der Waals surface area contributed by atoms with Crippen LogP contribution in [-0.4, -0.2) is 63.6 Å². The lowest BCUT2D eigenvalue weighted by atomic mass is 10.1. The zero-order chi connectivity index (χ0) is 19.7. The maximum absolute atomic E-state index is 13.8. The molecule has 2 aromatic heterocycles. The highest BCUT2D eigenvalue weighted by Gasteiger charge is 2.25. The molecule has 1 aliphatic heterocycles. The Morgan fingerprint density at radius 3 is 2.54 bits per heavy atom. The quantitative estimate of drug-likeness (QED) is 0.648. The molecule has 0 N–H and O–H groups in total. The van der Waals surface area contributed by atoms with E-state index in [1.54, 1.807) is 33.8 Å². The summed E-state index contributed by atoms with van der Waals surface area (Å²) < 4.78 is 28.6. The van der Waals surface area contributed by atoms with Crippen LogP contribution in [0.3, 0.4) is 0 Å². The first-order valence-electron chi connectivity index (χ1n) is 8.94. The first-order chi connectivity index (χ1) is 13.5. The molecule has 0 radical (unpaired) electrons. The SMILES string of the molecule is O=C(CN1CCN(C(=O)c2cccn3ccnc23)CC1)c1ccc(F)cc1F. The Labute approximate surface area is 160 Å². The van der Waals surface area contributed by atoms with Crippen molar-refractivity contribution in [3.8, 4) is 0 Å². The Balaban J connectivity index is 1.38. The molecular weight excluding hydrogens is 366 g/mol. The molecule has 0 bridgehead atoms. The molecular formula is C20H18F2N4O2. The average Bonchev–Trinajstić information content (AvgIpc) is 3.17. The summed E-state index contributed by atoms with van der Waals surface area (Å²) in [6.07, 6.45) is 5.26. The van der Waals surface area contributed by atoms with Crippen LogP contribution < -0.4 is 0 Å². The highest BCUT2D eigenvalue weighted by atomic mass is 19.1. The summed E-state index contributed by atoms with van der Waals surface area (Å²) >= 11 is 0. The first-order valence-corrected chi connectivity index (χ1v) is 8.94. The van der Waals surface area contributed by atoms with Gasteiger partial charge in [-0.25, -0.2) is 13.8 Å². The van der Waals surface area contributed by atoms with E-state index in [4.69, 9.17) is 0 Å². The van der Waals surface area contributed by atoms with Crippen LogP contribution in [0.1, 0.15) is 20.7 Å². The van der Waals surface area contributed by atoms with Gasteiger partial charge in [-0.3, -0.25) is 14.5 Å². The fourth-order valence-electron chi connectivity index (χ4n) is 3.40. The van der Waals surface area contributed by atoms with Gasteiger partial charge in [-0.2, -0.15) is 0 Å². The van der Waals surface area contributed by atoms with Crippen LogP contribution in [0.4, 0.5) is 8.78 Å². The number of carbonyl (C=O) groups is 2. The molecule has 1 aromatic carbocycles. The van der Waals surface area contributed by atoms with E-state index >= 15 is 0 Å². The van der Waals surface area contributed by atoms with Crippen molar-refractivity contribution >= 4 is 17.3 Å². The van der Waals surface area contributed by atoms with Gasteiger partial charge in [-0.1, -0.05) is 0 Å². The lowest BCUT2D eigenvalue weighted by Crippen LogP contribution is -2.50. The molecule has 6 nitrogen and oxygen atoms in total. The summed E-state index contributed by atoms with van der Waals surface area (Å²) in [5, 5.41) is 0. The third kappa shape index (κ3) is 3.50. The topological polar surface area (TPSA) is 57.9 Å². The van der Waals surface area contributed by atoms with Crippen LogP contribution in [0.15, 0.2) is 48.9 Å². The molecule has 28 heavy (non-hydrogen) atoms. The van der Waals surface area contributed by atoms with Crippen molar-refractivity contribution in [2.45, 2.75) is 0 Å². The second-order valence-electron chi connectivity index (χ2n) is 6.70. The number of carbonyl (C=O) groups excluding carboxylic acids is 2. The number of imidazole rings is 1. The number of Topliss-reactive ketones (excluding diaryl/α,β-unsaturated/α-hetero) is 1. The van der Waals surface area contributed by atoms with Crippen molar-refractivity contribution in [3.63, 3.8) is 0 Å². The monoisotopic (exact) mass is 384 g/mol. The van der Waals surface area contributed by atoms with Gasteiger partial charge >= 0.3 is 0 Å². The summed E-state index contributed by atoms with van der Waals surface area (Å²) in [7, 11) is 0. The zero-order valence-corrected chi connectivity index (χ0v) is 15.0. The van der Waals surface area contributed by atoms with E-state index < -0.39 is 17.4 Å². The van der Waals surface area contributed by atoms with E-state index in [0.717, 1.165) is 12.1 Å². The number of amides is 1. The van der Waals surface area contributed by atoms with Crippen molar-refractivity contribution in [1.29, 1.82) is 0 Å². The van der Waals surface area contributed by atoms with Crippen LogP contribution >= 0.6 is 0 Å². The van der Waals surface area contributed by atoms with Gasteiger partial charge in [0, 0.05) is 50.8 Å². The molecule has 144 valence electrons. The third-order valence-electron chi connectivity index (χ3n) is 4.91. The highest BCUT2D eigenvalue weighted by molar-refractivity contribution is 6.00. The van der Waals surface area contributed by atoms with Crippen LogP contribution in [0.25, 0.3) is 5.65 Å². The number of fused-ring (bicyclic) bond motifs is 1. The largest absolute Gasteiger partial charge is 0.336 e. The summed E-state index contributed by atoms with van der Waals surface area (Å²) in [5.74, 6) is -2.08. The number of aromatic nitrogens is 2. The van der Waals surface area contributed by atoms with Gasteiger partial charge < -0.3 is 9.30 Å². The van der Waals surface area contributed by atoms with Gasteiger partial charge in [0.1, 0.15) is 17.3 Å². The number of pyridine rings is 1. The van der Waals surface area contributed by atoms with Crippen molar-refractivity contribution in [3.05, 3.63) is 71.7 Å². The Hall–Kier alpha value is -3.13. The molecule has 0 atom stereocenters. The van der Waals surface area contributed by atoms with Crippen LogP contribution in [0.2, 0.25) is 0 Å². The van der Waals surface area contributed by atoms with Crippen molar-refractivity contribution in [2.24, 2.45) is 0 Å². The number of ketones is 1. The molecule has 1 saturated heterocycles. The Kier molecular flexibility index (Phi) is 4.87. The first kappa shape index (κ1) is 18.2. The van der Waals surface area contributed by atoms with E-state index in [1.165, 1.54) is 0 Å². The van der Waals surface area contributed by atoms with E-state index in [0.29, 0.717) is 43.5 Å². The molecule has 0 unspecified atom stereocenters. The number of benzene rings is 1. The lowest BCUT2D eigenvalue weighted by molar-refractivity contribution is 0.0625. The zero-order valence-electron chi connectivity index (χ0n) is 15.0. The standard InChI is InChI=1S/C20H18F2N4O2/c21-14-3-4-15(17(22)12-14)18(27)13-24-8-10-26(11-9-24)20(28)16-2-1-6-25-7-5-23-19(16)25/h1-7,12H,8-11,13H2. The minimum absolute atomic E-state index is 0.0282. The number of rotatable bonds is 4. The van der Waals surface area contributed by atoms with Crippen molar-refractivity contribution < 1.29 is 18.4 Å². The Morgan fingerprint density at radius 2 is 1.79 bits per heavy atom. The summed E-state index contributed by atoms with van der Waals surface area (Å²) in [6, 6.07) is 6.49. The summed E-state index contributed by atoms with van der Waals surface area (Å²) in [5.41, 5.74) is 1.02. The van der Waals surface area contributed by atoms with Gasteiger partial charge in [0.25, 0.3) is 5.91 Å². The molecule has 0 saturated carbocycles. The second kappa shape index (κ2) is 7.47. The van der Waals surface area contributed by atoms with Gasteiger partial charge in [0.15, 0.2) is 5.78 Å². The maximum atomic E-state index is 13.8. The van der Waals surface area contributed by atoms with E-state index in [9.17, 15) is 18.4 Å². The van der Waals surface area contributed by atoms with E-state index in [1.807, 2.05) is 11.1 Å². The normalized spacial score (nSPS) is 15.1. The Bertz CT molecular complexity index is 1040. The molecule has 3 aromatic rings. The minimum Gasteiger partial charge on any atom is -0.336 e.